The van der Waals surface area contributed by atoms with Gasteiger partial charge in [0.15, 0.2) is 5.69 Å². The van der Waals surface area contributed by atoms with Gasteiger partial charge in [0, 0.05) is 12.5 Å². The summed E-state index contributed by atoms with van der Waals surface area (Å²) in [4.78, 5) is 11.0. The molecule has 0 saturated heterocycles. The van der Waals surface area contributed by atoms with Gasteiger partial charge in [0.1, 0.15) is 0 Å². The van der Waals surface area contributed by atoms with Crippen molar-refractivity contribution in [2.24, 2.45) is 0 Å². The minimum atomic E-state index is -0.961. The minimum absolute atomic E-state index is 0.142. The molecule has 1 fully saturated rings. The molecular weight excluding hydrogens is 194 g/mol. The second-order valence-electron chi connectivity index (χ2n) is 3.93. The molecule has 0 amide bonds. The van der Waals surface area contributed by atoms with Crippen molar-refractivity contribution < 1.29 is 9.90 Å². The summed E-state index contributed by atoms with van der Waals surface area (Å²) in [5, 5.41) is 16.6. The molecule has 5 nitrogen and oxygen atoms in total. The van der Waals surface area contributed by atoms with Crippen molar-refractivity contribution in [3.63, 3.8) is 0 Å². The van der Waals surface area contributed by atoms with Gasteiger partial charge in [-0.1, -0.05) is 18.1 Å². The monoisotopic (exact) mass is 209 g/mol. The quantitative estimate of drug-likeness (QED) is 0.821. The van der Waals surface area contributed by atoms with Gasteiger partial charge in [-0.05, 0) is 19.8 Å². The third-order valence-electron chi connectivity index (χ3n) is 3.02. The molecule has 0 aromatic carbocycles. The topological polar surface area (TPSA) is 68.0 Å². The maximum Gasteiger partial charge on any atom is 0.358 e. The van der Waals surface area contributed by atoms with Crippen LogP contribution in [0, 0.1) is 0 Å². The predicted molar refractivity (Wildman–Crippen MR) is 53.9 cm³/mol. The number of carboxylic acids is 1. The first kappa shape index (κ1) is 10.1. The van der Waals surface area contributed by atoms with Gasteiger partial charge >= 0.3 is 5.97 Å². The first-order valence-electron chi connectivity index (χ1n) is 5.40. The summed E-state index contributed by atoms with van der Waals surface area (Å²) in [6.45, 7) is 2.64. The van der Waals surface area contributed by atoms with Crippen LogP contribution in [0.1, 0.15) is 54.7 Å². The molecule has 1 N–H and O–H groups in total. The van der Waals surface area contributed by atoms with Crippen LogP contribution >= 0.6 is 0 Å². The van der Waals surface area contributed by atoms with E-state index in [4.69, 9.17) is 5.11 Å². The van der Waals surface area contributed by atoms with E-state index in [-0.39, 0.29) is 5.69 Å². The standard InChI is InChI=1S/C10H15N3O2/c1-2-13-9(7-5-3-4-6-7)8(10(14)15)11-12-13/h7H,2-6H2,1H3,(H,14,15). The van der Waals surface area contributed by atoms with E-state index in [0.717, 1.165) is 18.5 Å². The molecule has 1 aromatic rings. The predicted octanol–water partition coefficient (Wildman–Crippen LogP) is 1.65. The molecule has 2 rings (SSSR count). The molecule has 82 valence electrons. The fourth-order valence-corrected chi connectivity index (χ4v) is 2.31. The van der Waals surface area contributed by atoms with Gasteiger partial charge in [-0.15, -0.1) is 5.10 Å². The summed E-state index contributed by atoms with van der Waals surface area (Å²) in [7, 11) is 0. The van der Waals surface area contributed by atoms with E-state index in [1.165, 1.54) is 12.8 Å². The van der Waals surface area contributed by atoms with Gasteiger partial charge in [-0.2, -0.15) is 0 Å². The minimum Gasteiger partial charge on any atom is -0.476 e. The molecule has 1 aromatic heterocycles. The Kier molecular flexibility index (Phi) is 2.70. The highest BCUT2D eigenvalue weighted by Crippen LogP contribution is 2.35. The van der Waals surface area contributed by atoms with Gasteiger partial charge in [0.2, 0.25) is 0 Å². The largest absolute Gasteiger partial charge is 0.476 e. The summed E-state index contributed by atoms with van der Waals surface area (Å²) in [6, 6.07) is 0. The molecule has 1 saturated carbocycles. The van der Waals surface area contributed by atoms with Crippen molar-refractivity contribution >= 4 is 5.97 Å². The number of aromatic carboxylic acids is 1. The van der Waals surface area contributed by atoms with Gasteiger partial charge < -0.3 is 5.11 Å². The Bertz CT molecular complexity index is 367. The molecule has 1 heterocycles. The number of carboxylic acid groups (broad SMARTS) is 1. The zero-order chi connectivity index (χ0) is 10.8. The lowest BCUT2D eigenvalue weighted by Crippen LogP contribution is -2.10. The van der Waals surface area contributed by atoms with Gasteiger partial charge in [0.05, 0.1) is 5.69 Å². The van der Waals surface area contributed by atoms with Crippen LogP contribution in [0.4, 0.5) is 0 Å². The van der Waals surface area contributed by atoms with Crippen molar-refractivity contribution in [2.75, 3.05) is 0 Å². The number of carbonyl (C=O) groups is 1. The summed E-state index contributed by atoms with van der Waals surface area (Å²) >= 11 is 0. The normalized spacial score (nSPS) is 17.1. The van der Waals surface area contributed by atoms with Crippen molar-refractivity contribution in [3.8, 4) is 0 Å². The van der Waals surface area contributed by atoms with Crippen LogP contribution in [-0.4, -0.2) is 26.1 Å². The van der Waals surface area contributed by atoms with Crippen LogP contribution in [0.3, 0.4) is 0 Å². The fraction of sp³-hybridized carbons (Fsp3) is 0.700. The van der Waals surface area contributed by atoms with Gasteiger partial charge in [0.25, 0.3) is 0 Å². The van der Waals surface area contributed by atoms with Crippen molar-refractivity contribution in [3.05, 3.63) is 11.4 Å². The fourth-order valence-electron chi connectivity index (χ4n) is 2.31. The summed E-state index contributed by atoms with van der Waals surface area (Å²) in [5.41, 5.74) is 0.964. The second-order valence-corrected chi connectivity index (χ2v) is 3.93. The zero-order valence-corrected chi connectivity index (χ0v) is 8.81. The lowest BCUT2D eigenvalue weighted by Gasteiger charge is -2.10. The Balaban J connectivity index is 2.39. The number of rotatable bonds is 3. The van der Waals surface area contributed by atoms with E-state index in [2.05, 4.69) is 10.3 Å². The van der Waals surface area contributed by atoms with E-state index >= 15 is 0 Å². The first-order valence-corrected chi connectivity index (χ1v) is 5.40. The first-order chi connectivity index (χ1) is 7.24. The molecule has 1 aliphatic rings. The number of aryl methyl sites for hydroxylation is 1. The molecule has 5 heteroatoms. The summed E-state index contributed by atoms with van der Waals surface area (Å²) in [6.07, 6.45) is 4.48. The molecule has 0 atom stereocenters. The maximum absolute atomic E-state index is 11.0. The molecular formula is C10H15N3O2. The highest BCUT2D eigenvalue weighted by molar-refractivity contribution is 5.86. The van der Waals surface area contributed by atoms with Crippen LogP contribution < -0.4 is 0 Å². The lowest BCUT2D eigenvalue weighted by atomic mass is 10.0. The Labute approximate surface area is 88.1 Å². The van der Waals surface area contributed by atoms with Crippen molar-refractivity contribution in [1.29, 1.82) is 0 Å². The molecule has 0 radical (unpaired) electrons. The van der Waals surface area contributed by atoms with E-state index in [0.29, 0.717) is 12.5 Å². The van der Waals surface area contributed by atoms with Gasteiger partial charge in [-0.25, -0.2) is 9.48 Å². The lowest BCUT2D eigenvalue weighted by molar-refractivity contribution is 0.0688. The summed E-state index contributed by atoms with van der Waals surface area (Å²) < 4.78 is 1.72. The molecule has 15 heavy (non-hydrogen) atoms. The average molecular weight is 209 g/mol. The van der Waals surface area contributed by atoms with Crippen LogP contribution in [0.15, 0.2) is 0 Å². The van der Waals surface area contributed by atoms with E-state index < -0.39 is 5.97 Å². The number of hydrogen-bond acceptors (Lipinski definition) is 3. The highest BCUT2D eigenvalue weighted by Gasteiger charge is 2.28. The maximum atomic E-state index is 11.0. The SMILES string of the molecule is CCn1nnc(C(=O)O)c1C1CCCC1. The summed E-state index contributed by atoms with van der Waals surface area (Å²) in [5.74, 6) is -0.623. The van der Waals surface area contributed by atoms with E-state index in [1.54, 1.807) is 4.68 Å². The molecule has 0 aliphatic heterocycles. The third-order valence-corrected chi connectivity index (χ3v) is 3.02. The van der Waals surface area contributed by atoms with E-state index in [1.807, 2.05) is 6.92 Å². The Morgan fingerprint density at radius 3 is 2.73 bits per heavy atom. The zero-order valence-electron chi connectivity index (χ0n) is 8.81. The Hall–Kier alpha value is -1.39. The van der Waals surface area contributed by atoms with Crippen LogP contribution in [-0.2, 0) is 6.54 Å². The van der Waals surface area contributed by atoms with Crippen LogP contribution in [0.5, 0.6) is 0 Å². The Morgan fingerprint density at radius 1 is 1.53 bits per heavy atom. The smallest absolute Gasteiger partial charge is 0.358 e. The van der Waals surface area contributed by atoms with Crippen molar-refractivity contribution in [1.82, 2.24) is 15.0 Å². The molecule has 1 aliphatic carbocycles. The second kappa shape index (κ2) is 4.00. The Morgan fingerprint density at radius 2 is 2.20 bits per heavy atom. The molecule has 0 spiro atoms. The number of aromatic nitrogens is 3. The molecule has 0 bridgehead atoms. The highest BCUT2D eigenvalue weighted by atomic mass is 16.4. The average Bonchev–Trinajstić information content (AvgIpc) is 2.85. The van der Waals surface area contributed by atoms with E-state index in [9.17, 15) is 4.79 Å². The third kappa shape index (κ3) is 1.73. The van der Waals surface area contributed by atoms with Crippen LogP contribution in [0.25, 0.3) is 0 Å². The van der Waals surface area contributed by atoms with Crippen molar-refractivity contribution in [2.45, 2.75) is 45.1 Å². The van der Waals surface area contributed by atoms with Crippen LogP contribution in [0.2, 0.25) is 0 Å². The van der Waals surface area contributed by atoms with Gasteiger partial charge in [-0.3, -0.25) is 0 Å². The number of nitrogens with zero attached hydrogens (tertiary/aromatic N) is 3. The number of hydrogen-bond donors (Lipinski definition) is 1. The molecule has 0 unspecified atom stereocenters.